The van der Waals surface area contributed by atoms with Crippen molar-refractivity contribution < 1.29 is 10.2 Å². The Kier molecular flexibility index (Phi) is 6.30. The Morgan fingerprint density at radius 1 is 1.06 bits per heavy atom. The number of fused-ring (bicyclic) bond motifs is 4. The Labute approximate surface area is 196 Å². The summed E-state index contributed by atoms with van der Waals surface area (Å²) in [6, 6.07) is 0. The van der Waals surface area contributed by atoms with Crippen LogP contribution in [0.15, 0.2) is 22.8 Å². The number of rotatable bonds is 5. The average molecular weight is 444 g/mol. The number of hydrogen-bond donors (Lipinski definition) is 3. The molecule has 0 aliphatic heterocycles. The van der Waals surface area contributed by atoms with Crippen LogP contribution in [0.2, 0.25) is 0 Å². The first-order valence-electron chi connectivity index (χ1n) is 13.4. The number of hydrogen-bond acceptors (Lipinski definition) is 3. The molecule has 3 heteroatoms. The minimum Gasteiger partial charge on any atom is -0.393 e. The lowest BCUT2D eigenvalue weighted by Gasteiger charge is -2.62. The van der Waals surface area contributed by atoms with Crippen LogP contribution in [0.25, 0.3) is 0 Å². The first-order chi connectivity index (χ1) is 14.9. The average Bonchev–Trinajstić information content (AvgIpc) is 3.02. The molecule has 0 amide bonds. The zero-order valence-electron chi connectivity index (χ0n) is 21.6. The lowest BCUT2D eigenvalue weighted by Crippen LogP contribution is -2.61. The molecule has 0 heterocycles. The van der Waals surface area contributed by atoms with Crippen LogP contribution in [0, 0.1) is 34.0 Å². The molecule has 0 saturated heterocycles. The molecule has 0 aromatic heterocycles. The largest absolute Gasteiger partial charge is 0.393 e. The third kappa shape index (κ3) is 3.40. The maximum atomic E-state index is 10.8. The molecule has 3 nitrogen and oxygen atoms in total. The molecule has 32 heavy (non-hydrogen) atoms. The van der Waals surface area contributed by atoms with Gasteiger partial charge in [-0.1, -0.05) is 57.4 Å². The van der Waals surface area contributed by atoms with E-state index in [1.54, 1.807) is 11.1 Å². The van der Waals surface area contributed by atoms with Gasteiger partial charge in [0.25, 0.3) is 0 Å². The van der Waals surface area contributed by atoms with Gasteiger partial charge in [-0.2, -0.15) is 0 Å². The van der Waals surface area contributed by atoms with Crippen LogP contribution in [0.4, 0.5) is 0 Å². The van der Waals surface area contributed by atoms with E-state index >= 15 is 0 Å². The van der Waals surface area contributed by atoms with E-state index in [4.69, 9.17) is 5.73 Å². The van der Waals surface area contributed by atoms with E-state index in [1.807, 2.05) is 6.92 Å². The van der Waals surface area contributed by atoms with Crippen molar-refractivity contribution in [2.45, 2.75) is 117 Å². The third-order valence-corrected chi connectivity index (χ3v) is 11.3. The summed E-state index contributed by atoms with van der Waals surface area (Å²) in [5.41, 5.74) is 12.3. The van der Waals surface area contributed by atoms with Gasteiger partial charge in [0.1, 0.15) is 0 Å². The van der Waals surface area contributed by atoms with Gasteiger partial charge in [-0.3, -0.25) is 0 Å². The molecule has 7 atom stereocenters. The highest BCUT2D eigenvalue weighted by Gasteiger charge is 2.63. The smallest absolute Gasteiger partial charge is 0.0639 e. The third-order valence-electron chi connectivity index (χ3n) is 11.3. The van der Waals surface area contributed by atoms with Gasteiger partial charge in [0.15, 0.2) is 0 Å². The molecular formula is C29H49NO2. The van der Waals surface area contributed by atoms with Crippen molar-refractivity contribution in [1.82, 2.24) is 0 Å². The second kappa shape index (κ2) is 8.24. The first-order valence-corrected chi connectivity index (χ1v) is 13.4. The molecule has 2 unspecified atom stereocenters. The van der Waals surface area contributed by atoms with Crippen molar-refractivity contribution in [3.63, 3.8) is 0 Å². The van der Waals surface area contributed by atoms with Gasteiger partial charge in [0.2, 0.25) is 0 Å². The Morgan fingerprint density at radius 3 is 2.47 bits per heavy atom. The van der Waals surface area contributed by atoms with E-state index in [-0.39, 0.29) is 34.5 Å². The Hall–Kier alpha value is -0.640. The van der Waals surface area contributed by atoms with Crippen LogP contribution in [0.1, 0.15) is 106 Å². The standard InChI is InChI=1S/C29H49NO2/c1-19(18-31)8-7-9-20(2)21-12-16-28(6)23-10-11-24-26(3,4)25(32)14-15-27(24,5)22(23)13-17-29(21,28)30/h8,20-21,24-25,31-32H,7,9-18,30H2,1-6H3/b19-8-/t20?,21-,24?,25+,27+,28+,29+/m0/s1. The summed E-state index contributed by atoms with van der Waals surface area (Å²) in [6.45, 7) is 14.3. The van der Waals surface area contributed by atoms with Gasteiger partial charge in [0, 0.05) is 11.0 Å². The van der Waals surface area contributed by atoms with E-state index in [2.05, 4.69) is 40.7 Å². The van der Waals surface area contributed by atoms with Crippen molar-refractivity contribution in [3.8, 4) is 0 Å². The van der Waals surface area contributed by atoms with Crippen molar-refractivity contribution in [1.29, 1.82) is 0 Å². The minimum absolute atomic E-state index is 0.00334. The fourth-order valence-electron chi connectivity index (χ4n) is 9.14. The van der Waals surface area contributed by atoms with Crippen molar-refractivity contribution in [2.75, 3.05) is 6.61 Å². The van der Waals surface area contributed by atoms with E-state index in [0.717, 1.165) is 44.1 Å². The predicted octanol–water partition coefficient (Wildman–Crippen LogP) is 6.14. The molecule has 4 rings (SSSR count). The highest BCUT2D eigenvalue weighted by Crippen LogP contribution is 2.68. The lowest BCUT2D eigenvalue weighted by molar-refractivity contribution is -0.0937. The van der Waals surface area contributed by atoms with Crippen LogP contribution in [0.3, 0.4) is 0 Å². The Balaban J connectivity index is 1.62. The van der Waals surface area contributed by atoms with Gasteiger partial charge in [-0.25, -0.2) is 0 Å². The first kappa shape index (κ1) is 24.5. The number of aliphatic hydroxyl groups excluding tert-OH is 2. The predicted molar refractivity (Wildman–Crippen MR) is 133 cm³/mol. The van der Waals surface area contributed by atoms with Crippen LogP contribution >= 0.6 is 0 Å². The van der Waals surface area contributed by atoms with Crippen molar-refractivity contribution >= 4 is 0 Å². The normalized spacial score (nSPS) is 44.7. The maximum Gasteiger partial charge on any atom is 0.0639 e. The molecule has 4 N–H and O–H groups in total. The van der Waals surface area contributed by atoms with Gasteiger partial charge in [-0.15, -0.1) is 0 Å². The zero-order chi connectivity index (χ0) is 23.5. The fourth-order valence-corrected chi connectivity index (χ4v) is 9.14. The Bertz CT molecular complexity index is 797. The van der Waals surface area contributed by atoms with Crippen LogP contribution < -0.4 is 5.73 Å². The second-order valence-corrected chi connectivity index (χ2v) is 13.1. The monoisotopic (exact) mass is 443 g/mol. The van der Waals surface area contributed by atoms with Gasteiger partial charge < -0.3 is 15.9 Å². The van der Waals surface area contributed by atoms with E-state index in [9.17, 15) is 10.2 Å². The summed E-state index contributed by atoms with van der Waals surface area (Å²) < 4.78 is 0. The highest BCUT2D eigenvalue weighted by atomic mass is 16.3. The summed E-state index contributed by atoms with van der Waals surface area (Å²) in [6.07, 6.45) is 13.4. The molecular weight excluding hydrogens is 394 g/mol. The maximum absolute atomic E-state index is 10.8. The molecule has 0 bridgehead atoms. The van der Waals surface area contributed by atoms with E-state index in [0.29, 0.717) is 17.8 Å². The molecule has 0 aromatic rings. The summed E-state index contributed by atoms with van der Waals surface area (Å²) in [7, 11) is 0. The summed E-state index contributed by atoms with van der Waals surface area (Å²) >= 11 is 0. The summed E-state index contributed by atoms with van der Waals surface area (Å²) in [5, 5.41) is 20.1. The van der Waals surface area contributed by atoms with Gasteiger partial charge in [0.05, 0.1) is 12.7 Å². The van der Waals surface area contributed by atoms with E-state index < -0.39 is 0 Å². The summed E-state index contributed by atoms with van der Waals surface area (Å²) in [5.74, 6) is 1.77. The number of nitrogens with two attached hydrogens (primary N) is 1. The van der Waals surface area contributed by atoms with E-state index in [1.165, 1.54) is 25.7 Å². The minimum atomic E-state index is -0.171. The quantitative estimate of drug-likeness (QED) is 0.447. The SMILES string of the molecule is C/C(=C/CCC(C)[C@@H]1CC[C@]2(C)C3=C(CC[C@@]12N)[C@@]1(C)CC[C@@H](O)C(C)(C)C1CC3)CO. The number of allylic oxidation sites excluding steroid dienone is 2. The highest BCUT2D eigenvalue weighted by molar-refractivity contribution is 5.40. The lowest BCUT2D eigenvalue weighted by atomic mass is 9.44. The van der Waals surface area contributed by atoms with Crippen molar-refractivity contribution in [3.05, 3.63) is 22.8 Å². The molecule has 4 aliphatic rings. The zero-order valence-corrected chi connectivity index (χ0v) is 21.6. The molecule has 2 fully saturated rings. The van der Waals surface area contributed by atoms with Crippen LogP contribution in [0.5, 0.6) is 0 Å². The number of aliphatic hydroxyl groups is 2. The molecule has 0 aromatic carbocycles. The van der Waals surface area contributed by atoms with Crippen LogP contribution in [-0.2, 0) is 0 Å². The second-order valence-electron chi connectivity index (χ2n) is 13.1. The molecule has 0 spiro atoms. The topological polar surface area (TPSA) is 66.5 Å². The molecule has 0 radical (unpaired) electrons. The Morgan fingerprint density at radius 2 is 1.78 bits per heavy atom. The summed E-state index contributed by atoms with van der Waals surface area (Å²) in [4.78, 5) is 0. The van der Waals surface area contributed by atoms with Crippen LogP contribution in [-0.4, -0.2) is 28.5 Å². The van der Waals surface area contributed by atoms with Crippen molar-refractivity contribution in [2.24, 2.45) is 39.7 Å². The molecule has 182 valence electrons. The molecule has 2 saturated carbocycles. The van der Waals surface area contributed by atoms with Gasteiger partial charge >= 0.3 is 0 Å². The fraction of sp³-hybridized carbons (Fsp3) is 0.862. The van der Waals surface area contributed by atoms with Gasteiger partial charge in [-0.05, 0) is 99.7 Å². The molecule has 4 aliphatic carbocycles.